The molecule has 0 heterocycles. The lowest BCUT2D eigenvalue weighted by Gasteiger charge is -2.12. The molecule has 0 N–H and O–H groups in total. The lowest BCUT2D eigenvalue weighted by molar-refractivity contribution is -0.116. The van der Waals surface area contributed by atoms with Crippen molar-refractivity contribution in [2.24, 2.45) is 0 Å². The second-order valence-corrected chi connectivity index (χ2v) is 5.10. The fourth-order valence-electron chi connectivity index (χ4n) is 1.81. The van der Waals surface area contributed by atoms with E-state index in [9.17, 15) is 4.79 Å². The van der Waals surface area contributed by atoms with Crippen LogP contribution in [0.5, 0.6) is 0 Å². The third kappa shape index (κ3) is 2.91. The Bertz CT molecular complexity index is 390. The molecule has 0 atom stereocenters. The minimum atomic E-state index is 0.333. The third-order valence-corrected chi connectivity index (χ3v) is 3.39. The first-order valence-corrected chi connectivity index (χ1v) is 6.33. The van der Waals surface area contributed by atoms with Crippen molar-refractivity contribution in [1.82, 2.24) is 0 Å². The Morgan fingerprint density at radius 3 is 2.40 bits per heavy atom. The van der Waals surface area contributed by atoms with Crippen molar-refractivity contribution >= 4 is 34.5 Å². The molecule has 0 spiro atoms. The smallest absolute Gasteiger partial charge is 0.158 e. The number of carbonyl (C=O) groups is 1. The SMILES string of the molecule is O=C1CCCCC1=Cc1ccc(I)cc1. The summed E-state index contributed by atoms with van der Waals surface area (Å²) in [5.74, 6) is 0.333. The summed E-state index contributed by atoms with van der Waals surface area (Å²) in [5.41, 5.74) is 2.14. The summed E-state index contributed by atoms with van der Waals surface area (Å²) < 4.78 is 1.23. The van der Waals surface area contributed by atoms with Crippen molar-refractivity contribution in [2.45, 2.75) is 25.7 Å². The van der Waals surface area contributed by atoms with Gasteiger partial charge in [-0.15, -0.1) is 0 Å². The zero-order chi connectivity index (χ0) is 10.7. The van der Waals surface area contributed by atoms with Gasteiger partial charge in [0, 0.05) is 9.99 Å². The van der Waals surface area contributed by atoms with Gasteiger partial charge in [-0.25, -0.2) is 0 Å². The molecule has 0 unspecified atom stereocenters. The van der Waals surface area contributed by atoms with Crippen LogP contribution in [-0.4, -0.2) is 5.78 Å². The number of Topliss-reactive ketones (excluding diaryl/α,β-unsaturated/α-hetero) is 1. The number of rotatable bonds is 1. The minimum Gasteiger partial charge on any atom is -0.295 e. The van der Waals surface area contributed by atoms with Gasteiger partial charge in [0.05, 0.1) is 0 Å². The van der Waals surface area contributed by atoms with Crippen LogP contribution in [0.4, 0.5) is 0 Å². The summed E-state index contributed by atoms with van der Waals surface area (Å²) in [6.45, 7) is 0. The standard InChI is InChI=1S/C13H13IO/c14-12-7-5-10(6-8-12)9-11-3-1-2-4-13(11)15/h5-9H,1-4H2. The van der Waals surface area contributed by atoms with Crippen LogP contribution in [0.3, 0.4) is 0 Å². The van der Waals surface area contributed by atoms with Crippen molar-refractivity contribution in [1.29, 1.82) is 0 Å². The zero-order valence-electron chi connectivity index (χ0n) is 8.50. The Morgan fingerprint density at radius 2 is 1.73 bits per heavy atom. The molecular weight excluding hydrogens is 299 g/mol. The Labute approximate surface area is 104 Å². The molecule has 0 saturated heterocycles. The van der Waals surface area contributed by atoms with Crippen LogP contribution in [0.25, 0.3) is 6.08 Å². The Hall–Kier alpha value is -0.640. The molecular formula is C13H13IO. The van der Waals surface area contributed by atoms with Gasteiger partial charge in [0.15, 0.2) is 5.78 Å². The highest BCUT2D eigenvalue weighted by Crippen LogP contribution is 2.22. The highest BCUT2D eigenvalue weighted by Gasteiger charge is 2.14. The lowest BCUT2D eigenvalue weighted by Crippen LogP contribution is -2.07. The van der Waals surface area contributed by atoms with E-state index >= 15 is 0 Å². The Morgan fingerprint density at radius 1 is 1.07 bits per heavy atom. The second-order valence-electron chi connectivity index (χ2n) is 3.85. The lowest BCUT2D eigenvalue weighted by atomic mass is 9.92. The predicted octanol–water partition coefficient (Wildman–Crippen LogP) is 3.82. The summed E-state index contributed by atoms with van der Waals surface area (Å²) >= 11 is 2.28. The number of ketones is 1. The predicted molar refractivity (Wildman–Crippen MR) is 70.6 cm³/mol. The molecule has 2 rings (SSSR count). The molecule has 2 heteroatoms. The summed E-state index contributed by atoms with van der Waals surface area (Å²) in [7, 11) is 0. The van der Waals surface area contributed by atoms with E-state index in [1.54, 1.807) is 0 Å². The summed E-state index contributed by atoms with van der Waals surface area (Å²) in [6, 6.07) is 8.27. The van der Waals surface area contributed by atoms with Crippen molar-refractivity contribution in [3.63, 3.8) is 0 Å². The zero-order valence-corrected chi connectivity index (χ0v) is 10.7. The highest BCUT2D eigenvalue weighted by atomic mass is 127. The molecule has 1 nitrogen and oxygen atoms in total. The monoisotopic (exact) mass is 312 g/mol. The second kappa shape index (κ2) is 4.92. The Balaban J connectivity index is 2.21. The fraction of sp³-hybridized carbons (Fsp3) is 0.308. The molecule has 1 aromatic rings. The molecule has 1 aromatic carbocycles. The van der Waals surface area contributed by atoms with Crippen LogP contribution < -0.4 is 0 Å². The van der Waals surface area contributed by atoms with Gasteiger partial charge < -0.3 is 0 Å². The van der Waals surface area contributed by atoms with Gasteiger partial charge in [-0.05, 0) is 71.2 Å². The molecule has 0 radical (unpaired) electrons. The van der Waals surface area contributed by atoms with Gasteiger partial charge in [0.1, 0.15) is 0 Å². The van der Waals surface area contributed by atoms with E-state index in [0.29, 0.717) is 5.78 Å². The van der Waals surface area contributed by atoms with Crippen LogP contribution in [-0.2, 0) is 4.79 Å². The van der Waals surface area contributed by atoms with Crippen molar-refractivity contribution in [3.8, 4) is 0 Å². The summed E-state index contributed by atoms with van der Waals surface area (Å²) in [6.07, 6.45) is 5.93. The largest absolute Gasteiger partial charge is 0.295 e. The van der Waals surface area contributed by atoms with Crippen molar-refractivity contribution in [3.05, 3.63) is 39.0 Å². The van der Waals surface area contributed by atoms with E-state index in [1.807, 2.05) is 6.08 Å². The minimum absolute atomic E-state index is 0.333. The number of halogens is 1. The first-order chi connectivity index (χ1) is 7.25. The van der Waals surface area contributed by atoms with E-state index in [0.717, 1.165) is 36.8 Å². The molecule has 1 fully saturated rings. The number of hydrogen-bond donors (Lipinski definition) is 0. The molecule has 78 valence electrons. The normalized spacial score (nSPS) is 19.5. The summed E-state index contributed by atoms with van der Waals surface area (Å²) in [4.78, 5) is 11.6. The van der Waals surface area contributed by atoms with Gasteiger partial charge in [-0.1, -0.05) is 12.1 Å². The van der Waals surface area contributed by atoms with Crippen molar-refractivity contribution < 1.29 is 4.79 Å². The molecule has 0 aromatic heterocycles. The highest BCUT2D eigenvalue weighted by molar-refractivity contribution is 14.1. The maximum atomic E-state index is 11.6. The van der Waals surface area contributed by atoms with E-state index in [4.69, 9.17) is 0 Å². The molecule has 15 heavy (non-hydrogen) atoms. The number of benzene rings is 1. The molecule has 0 amide bonds. The maximum Gasteiger partial charge on any atom is 0.158 e. The fourth-order valence-corrected chi connectivity index (χ4v) is 2.17. The average Bonchev–Trinajstić information content (AvgIpc) is 2.25. The maximum absolute atomic E-state index is 11.6. The molecule has 0 aliphatic heterocycles. The quantitative estimate of drug-likeness (QED) is 0.569. The molecule has 1 aliphatic rings. The van der Waals surface area contributed by atoms with Crippen molar-refractivity contribution in [2.75, 3.05) is 0 Å². The van der Waals surface area contributed by atoms with Gasteiger partial charge in [-0.3, -0.25) is 4.79 Å². The van der Waals surface area contributed by atoms with Gasteiger partial charge >= 0.3 is 0 Å². The van der Waals surface area contributed by atoms with Crippen LogP contribution >= 0.6 is 22.6 Å². The number of allylic oxidation sites excluding steroid dienone is 1. The Kier molecular flexibility index (Phi) is 3.57. The summed E-state index contributed by atoms with van der Waals surface area (Å²) in [5, 5.41) is 0. The van der Waals surface area contributed by atoms with Crippen LogP contribution in [0, 0.1) is 3.57 Å². The molecule has 1 saturated carbocycles. The third-order valence-electron chi connectivity index (χ3n) is 2.67. The molecule has 0 bridgehead atoms. The van der Waals surface area contributed by atoms with E-state index < -0.39 is 0 Å². The van der Waals surface area contributed by atoms with Gasteiger partial charge in [0.2, 0.25) is 0 Å². The van der Waals surface area contributed by atoms with E-state index in [1.165, 1.54) is 3.57 Å². The van der Waals surface area contributed by atoms with E-state index in [2.05, 4.69) is 46.9 Å². The average molecular weight is 312 g/mol. The number of carbonyl (C=O) groups excluding carboxylic acids is 1. The van der Waals surface area contributed by atoms with Crippen LogP contribution in [0.1, 0.15) is 31.2 Å². The first kappa shape index (κ1) is 10.9. The number of hydrogen-bond acceptors (Lipinski definition) is 1. The van der Waals surface area contributed by atoms with Crippen LogP contribution in [0.2, 0.25) is 0 Å². The first-order valence-electron chi connectivity index (χ1n) is 5.25. The van der Waals surface area contributed by atoms with Crippen LogP contribution in [0.15, 0.2) is 29.8 Å². The van der Waals surface area contributed by atoms with Gasteiger partial charge in [-0.2, -0.15) is 0 Å². The van der Waals surface area contributed by atoms with E-state index in [-0.39, 0.29) is 0 Å². The van der Waals surface area contributed by atoms with Gasteiger partial charge in [0.25, 0.3) is 0 Å². The topological polar surface area (TPSA) is 17.1 Å². The molecule has 1 aliphatic carbocycles.